The summed E-state index contributed by atoms with van der Waals surface area (Å²) < 4.78 is 0. The minimum absolute atomic E-state index is 0.201. The number of hydrogen-bond donors (Lipinski definition) is 0. The van der Waals surface area contributed by atoms with Crippen molar-refractivity contribution in [1.29, 1.82) is 5.26 Å². The van der Waals surface area contributed by atoms with Gasteiger partial charge in [-0.3, -0.25) is 9.98 Å². The summed E-state index contributed by atoms with van der Waals surface area (Å²) >= 11 is 0. The number of allylic oxidation sites excluding steroid dienone is 3. The van der Waals surface area contributed by atoms with Crippen LogP contribution in [0.4, 0.5) is 0 Å². The zero-order valence-corrected chi connectivity index (χ0v) is 13.4. The quantitative estimate of drug-likeness (QED) is 0.468. The van der Waals surface area contributed by atoms with Crippen molar-refractivity contribution >= 4 is 5.71 Å². The van der Waals surface area contributed by atoms with E-state index in [-0.39, 0.29) is 5.92 Å². The van der Waals surface area contributed by atoms with Gasteiger partial charge in [-0.25, -0.2) is 4.98 Å². The van der Waals surface area contributed by atoms with Gasteiger partial charge in [0, 0.05) is 17.5 Å². The van der Waals surface area contributed by atoms with Crippen molar-refractivity contribution in [3.05, 3.63) is 47.2 Å². The molecule has 0 saturated carbocycles. The lowest BCUT2D eigenvalue weighted by Crippen LogP contribution is -2.06. The number of nitrogens with zero attached hydrogens (tertiary/aromatic N) is 4. The molecule has 0 aromatic carbocycles. The smallest absolute Gasteiger partial charge is 0.103 e. The Morgan fingerprint density at radius 1 is 1.38 bits per heavy atom. The average molecular weight is 282 g/mol. The fourth-order valence-electron chi connectivity index (χ4n) is 1.87. The molecule has 21 heavy (non-hydrogen) atoms. The predicted molar refractivity (Wildman–Crippen MR) is 85.9 cm³/mol. The Labute approximate surface area is 127 Å². The molecule has 0 spiro atoms. The molecular formula is C17H22N4. The second kappa shape index (κ2) is 7.49. The SMILES string of the molecule is C=C(C#N)/C(C)=C(/N=C(C)c1cncc(CC)n1)C(C)C. The highest BCUT2D eigenvalue weighted by Gasteiger charge is 2.11. The number of rotatable bonds is 5. The van der Waals surface area contributed by atoms with Crippen LogP contribution in [0.2, 0.25) is 0 Å². The van der Waals surface area contributed by atoms with E-state index in [9.17, 15) is 0 Å². The molecule has 0 aliphatic heterocycles. The fraction of sp³-hybridized carbons (Fsp3) is 0.412. The first-order valence-electron chi connectivity index (χ1n) is 7.07. The average Bonchev–Trinajstić information content (AvgIpc) is 2.50. The van der Waals surface area contributed by atoms with Crippen molar-refractivity contribution in [3.8, 4) is 6.07 Å². The first-order valence-corrected chi connectivity index (χ1v) is 7.07. The maximum Gasteiger partial charge on any atom is 0.103 e. The van der Waals surface area contributed by atoms with E-state index in [1.54, 1.807) is 12.4 Å². The summed E-state index contributed by atoms with van der Waals surface area (Å²) in [4.78, 5) is 13.4. The van der Waals surface area contributed by atoms with E-state index >= 15 is 0 Å². The summed E-state index contributed by atoms with van der Waals surface area (Å²) in [5, 5.41) is 9.00. The molecule has 0 atom stereocenters. The summed E-state index contributed by atoms with van der Waals surface area (Å²) in [7, 11) is 0. The highest BCUT2D eigenvalue weighted by atomic mass is 14.8. The lowest BCUT2D eigenvalue weighted by Gasteiger charge is -2.12. The molecule has 1 heterocycles. The minimum Gasteiger partial charge on any atom is -0.261 e. The van der Waals surface area contributed by atoms with Crippen LogP contribution in [-0.4, -0.2) is 15.7 Å². The Morgan fingerprint density at radius 3 is 2.57 bits per heavy atom. The molecule has 1 aromatic rings. The first kappa shape index (κ1) is 16.8. The van der Waals surface area contributed by atoms with Crippen LogP contribution >= 0.6 is 0 Å². The largest absolute Gasteiger partial charge is 0.261 e. The van der Waals surface area contributed by atoms with Gasteiger partial charge < -0.3 is 0 Å². The van der Waals surface area contributed by atoms with Crippen LogP contribution in [0.5, 0.6) is 0 Å². The number of nitriles is 1. The Bertz CT molecular complexity index is 630. The van der Waals surface area contributed by atoms with Crippen molar-refractivity contribution in [2.75, 3.05) is 0 Å². The Kier molecular flexibility index (Phi) is 5.98. The second-order valence-corrected chi connectivity index (χ2v) is 5.20. The number of aryl methyl sites for hydroxylation is 1. The van der Waals surface area contributed by atoms with Gasteiger partial charge in [0.2, 0.25) is 0 Å². The highest BCUT2D eigenvalue weighted by Crippen LogP contribution is 2.21. The van der Waals surface area contributed by atoms with Crippen LogP contribution in [0.1, 0.15) is 46.0 Å². The molecule has 0 N–H and O–H groups in total. The van der Waals surface area contributed by atoms with Gasteiger partial charge >= 0.3 is 0 Å². The van der Waals surface area contributed by atoms with Gasteiger partial charge in [0.05, 0.1) is 23.7 Å². The molecule has 0 unspecified atom stereocenters. The normalized spacial score (nSPS) is 12.9. The summed E-state index contributed by atoms with van der Waals surface area (Å²) in [5.74, 6) is 0.201. The third-order valence-corrected chi connectivity index (χ3v) is 3.22. The monoisotopic (exact) mass is 282 g/mol. The number of aliphatic imine (C=N–C) groups is 1. The first-order chi connectivity index (χ1) is 9.90. The van der Waals surface area contributed by atoms with Crippen LogP contribution in [0.3, 0.4) is 0 Å². The van der Waals surface area contributed by atoms with Gasteiger partial charge in [0.15, 0.2) is 0 Å². The van der Waals surface area contributed by atoms with E-state index in [0.717, 1.165) is 34.8 Å². The van der Waals surface area contributed by atoms with Crippen molar-refractivity contribution < 1.29 is 0 Å². The molecule has 4 nitrogen and oxygen atoms in total. The second-order valence-electron chi connectivity index (χ2n) is 5.20. The van der Waals surface area contributed by atoms with Gasteiger partial charge in [0.1, 0.15) is 5.69 Å². The van der Waals surface area contributed by atoms with E-state index in [0.29, 0.717) is 5.57 Å². The summed E-state index contributed by atoms with van der Waals surface area (Å²) in [6.07, 6.45) is 4.31. The van der Waals surface area contributed by atoms with Crippen LogP contribution in [0.25, 0.3) is 0 Å². The lowest BCUT2D eigenvalue weighted by atomic mass is 10.0. The zero-order chi connectivity index (χ0) is 16.0. The maximum atomic E-state index is 9.00. The third-order valence-electron chi connectivity index (χ3n) is 3.22. The van der Waals surface area contributed by atoms with E-state index in [1.165, 1.54) is 0 Å². The summed E-state index contributed by atoms with van der Waals surface area (Å²) in [6.45, 7) is 13.7. The topological polar surface area (TPSA) is 61.9 Å². The fourth-order valence-corrected chi connectivity index (χ4v) is 1.87. The highest BCUT2D eigenvalue weighted by molar-refractivity contribution is 5.97. The van der Waals surface area contributed by atoms with Crippen molar-refractivity contribution in [3.63, 3.8) is 0 Å². The maximum absolute atomic E-state index is 9.00. The molecule has 1 rings (SSSR count). The van der Waals surface area contributed by atoms with Crippen molar-refractivity contribution in [2.24, 2.45) is 10.9 Å². The number of aromatic nitrogens is 2. The Hall–Kier alpha value is -2.28. The molecule has 0 aliphatic rings. The van der Waals surface area contributed by atoms with E-state index in [2.05, 4.69) is 41.5 Å². The molecule has 1 aromatic heterocycles. The number of hydrogen-bond acceptors (Lipinski definition) is 4. The van der Waals surface area contributed by atoms with Crippen LogP contribution in [-0.2, 0) is 6.42 Å². The third kappa shape index (κ3) is 4.35. The van der Waals surface area contributed by atoms with E-state index in [1.807, 2.05) is 20.8 Å². The van der Waals surface area contributed by atoms with Crippen molar-refractivity contribution in [2.45, 2.75) is 41.0 Å². The summed E-state index contributed by atoms with van der Waals surface area (Å²) in [5.41, 5.74) is 4.64. The van der Waals surface area contributed by atoms with E-state index < -0.39 is 0 Å². The molecular weight excluding hydrogens is 260 g/mol. The van der Waals surface area contributed by atoms with Crippen LogP contribution < -0.4 is 0 Å². The zero-order valence-electron chi connectivity index (χ0n) is 13.4. The molecule has 110 valence electrons. The summed E-state index contributed by atoms with van der Waals surface area (Å²) in [6, 6.07) is 2.08. The van der Waals surface area contributed by atoms with Gasteiger partial charge in [-0.2, -0.15) is 5.26 Å². The van der Waals surface area contributed by atoms with Gasteiger partial charge in [-0.05, 0) is 31.8 Å². The molecule has 4 heteroatoms. The Morgan fingerprint density at radius 2 is 2.05 bits per heavy atom. The van der Waals surface area contributed by atoms with Gasteiger partial charge in [-0.15, -0.1) is 0 Å². The predicted octanol–water partition coefficient (Wildman–Crippen LogP) is 3.86. The van der Waals surface area contributed by atoms with Crippen molar-refractivity contribution in [1.82, 2.24) is 9.97 Å². The molecule has 0 amide bonds. The molecule has 0 bridgehead atoms. The molecule has 0 aliphatic carbocycles. The lowest BCUT2D eigenvalue weighted by molar-refractivity contribution is 0.747. The van der Waals surface area contributed by atoms with Crippen LogP contribution in [0, 0.1) is 17.2 Å². The molecule has 0 radical (unpaired) electrons. The van der Waals surface area contributed by atoms with Crippen LogP contribution in [0.15, 0.2) is 40.8 Å². The standard InChI is InChI=1S/C17H22N4/c1-7-15-9-19-10-16(21-15)14(6)20-17(11(2)3)13(5)12(4)8-18/h9-11H,4,7H2,1-3,5-6H3/b17-13+,20-14?. The molecule has 0 saturated heterocycles. The van der Waals surface area contributed by atoms with Gasteiger partial charge in [0.25, 0.3) is 0 Å². The van der Waals surface area contributed by atoms with E-state index in [4.69, 9.17) is 5.26 Å². The van der Waals surface area contributed by atoms with Gasteiger partial charge in [-0.1, -0.05) is 27.4 Å². The Balaban J connectivity index is 3.29. The molecule has 0 fully saturated rings. The minimum atomic E-state index is 0.201.